The second-order valence-electron chi connectivity index (χ2n) is 6.87. The van der Waals surface area contributed by atoms with Gasteiger partial charge in [0.05, 0.1) is 0 Å². The highest BCUT2D eigenvalue weighted by molar-refractivity contribution is 5.78. The highest BCUT2D eigenvalue weighted by Gasteiger charge is 2.24. The molecule has 2 aromatic rings. The third-order valence-electron chi connectivity index (χ3n) is 4.28. The van der Waals surface area contributed by atoms with E-state index >= 15 is 0 Å². The van der Waals surface area contributed by atoms with Crippen LogP contribution in [-0.4, -0.2) is 56.0 Å². The molecule has 12 heteroatoms. The van der Waals surface area contributed by atoms with Crippen LogP contribution in [0.3, 0.4) is 0 Å². The zero-order chi connectivity index (χ0) is 24.5. The fourth-order valence-corrected chi connectivity index (χ4v) is 2.83. The number of carbonyl (C=O) groups is 3. The van der Waals surface area contributed by atoms with Crippen LogP contribution in [0.25, 0.3) is 11.1 Å². The SMILES string of the molecule is CC(=O)OCCOc1cc(N2N=N2)c(OCCOC(C)=O)cc1-c1ccc(OCC(=O)O)cc1. The summed E-state index contributed by atoms with van der Waals surface area (Å²) in [5, 5.41) is 17.7. The highest BCUT2D eigenvalue weighted by atomic mass is 16.6. The van der Waals surface area contributed by atoms with Crippen LogP contribution in [0.4, 0.5) is 5.69 Å². The summed E-state index contributed by atoms with van der Waals surface area (Å²) in [6.45, 7) is 2.49. The number of anilines is 1. The number of aliphatic carboxylic acids is 1. The summed E-state index contributed by atoms with van der Waals surface area (Å²) < 4.78 is 26.7. The standard InChI is InChI=1S/C22H23N3O9/c1-14(26)30-7-9-32-20-12-19(25-23-24-25)21(33-10-8-31-15(2)27)11-18(20)16-3-5-17(6-4-16)34-13-22(28)29/h3-6,11-12H,7-10,13H2,1-2H3,(H,28,29). The van der Waals surface area contributed by atoms with Crippen molar-refractivity contribution < 1.29 is 43.2 Å². The van der Waals surface area contributed by atoms with Gasteiger partial charge in [0, 0.05) is 25.5 Å². The van der Waals surface area contributed by atoms with Gasteiger partial charge < -0.3 is 28.8 Å². The molecule has 0 unspecified atom stereocenters. The third kappa shape index (κ3) is 7.36. The van der Waals surface area contributed by atoms with Gasteiger partial charge >= 0.3 is 17.9 Å². The van der Waals surface area contributed by atoms with Gasteiger partial charge in [-0.15, -0.1) is 5.12 Å². The Hall–Kier alpha value is -4.35. The molecule has 180 valence electrons. The summed E-state index contributed by atoms with van der Waals surface area (Å²) in [6.07, 6.45) is 0. The van der Waals surface area contributed by atoms with Gasteiger partial charge in [-0.05, 0) is 34.2 Å². The van der Waals surface area contributed by atoms with E-state index in [0.29, 0.717) is 28.5 Å². The summed E-state index contributed by atoms with van der Waals surface area (Å²) in [6, 6.07) is 10.1. The van der Waals surface area contributed by atoms with Crippen LogP contribution in [0, 0.1) is 0 Å². The molecule has 1 N–H and O–H groups in total. The lowest BCUT2D eigenvalue weighted by molar-refractivity contribution is -0.142. The average molecular weight is 473 g/mol. The fraction of sp³-hybridized carbons (Fsp3) is 0.318. The van der Waals surface area contributed by atoms with Crippen molar-refractivity contribution in [3.63, 3.8) is 0 Å². The largest absolute Gasteiger partial charge is 0.489 e. The Balaban J connectivity index is 1.86. The van der Waals surface area contributed by atoms with E-state index in [1.165, 1.54) is 19.0 Å². The van der Waals surface area contributed by atoms with E-state index in [1.807, 2.05) is 0 Å². The van der Waals surface area contributed by atoms with Gasteiger partial charge in [0.25, 0.3) is 0 Å². The number of benzene rings is 2. The zero-order valence-electron chi connectivity index (χ0n) is 18.6. The molecule has 34 heavy (non-hydrogen) atoms. The molecular weight excluding hydrogens is 450 g/mol. The van der Waals surface area contributed by atoms with Crippen molar-refractivity contribution in [3.05, 3.63) is 36.4 Å². The van der Waals surface area contributed by atoms with E-state index in [-0.39, 0.29) is 26.4 Å². The molecule has 2 aromatic carbocycles. The number of esters is 2. The van der Waals surface area contributed by atoms with E-state index in [1.54, 1.807) is 36.4 Å². The molecule has 0 spiro atoms. The molecule has 3 rings (SSSR count). The number of ether oxygens (including phenoxy) is 5. The molecule has 0 fully saturated rings. The average Bonchev–Trinajstić information content (AvgIpc) is 3.64. The molecular formula is C22H23N3O9. The normalized spacial score (nSPS) is 11.5. The first kappa shape index (κ1) is 24.3. The smallest absolute Gasteiger partial charge is 0.341 e. The van der Waals surface area contributed by atoms with Crippen LogP contribution >= 0.6 is 0 Å². The molecule has 0 aliphatic carbocycles. The van der Waals surface area contributed by atoms with Gasteiger partial charge in [-0.3, -0.25) is 9.59 Å². The van der Waals surface area contributed by atoms with Crippen molar-refractivity contribution in [2.24, 2.45) is 10.4 Å². The summed E-state index contributed by atoms with van der Waals surface area (Å²) in [4.78, 5) is 32.7. The van der Waals surface area contributed by atoms with E-state index < -0.39 is 24.5 Å². The number of carboxylic acid groups (broad SMARTS) is 1. The molecule has 0 aromatic heterocycles. The van der Waals surface area contributed by atoms with Gasteiger partial charge in [0.15, 0.2) is 6.61 Å². The van der Waals surface area contributed by atoms with Gasteiger partial charge in [-0.2, -0.15) is 0 Å². The molecule has 0 atom stereocenters. The van der Waals surface area contributed by atoms with Gasteiger partial charge in [0.1, 0.15) is 49.4 Å². The van der Waals surface area contributed by atoms with Crippen LogP contribution in [0.1, 0.15) is 13.8 Å². The van der Waals surface area contributed by atoms with E-state index in [2.05, 4.69) is 10.4 Å². The Labute approximate surface area is 194 Å². The second-order valence-corrected chi connectivity index (χ2v) is 6.87. The molecule has 0 radical (unpaired) electrons. The molecule has 1 aliphatic heterocycles. The Bertz CT molecular complexity index is 1060. The number of nitrogens with zero attached hydrogens (tertiary/aromatic N) is 3. The summed E-state index contributed by atoms with van der Waals surface area (Å²) in [5.74, 6) is -0.650. The topological polar surface area (TPSA) is 145 Å². The van der Waals surface area contributed by atoms with E-state index in [0.717, 1.165) is 5.56 Å². The maximum atomic E-state index is 11.0. The minimum atomic E-state index is -1.08. The number of carboxylic acids is 1. The predicted octanol–water partition coefficient (Wildman–Crippen LogP) is 2.80. The van der Waals surface area contributed by atoms with Crippen molar-refractivity contribution in [3.8, 4) is 28.4 Å². The zero-order valence-corrected chi connectivity index (χ0v) is 18.6. The summed E-state index contributed by atoms with van der Waals surface area (Å²) in [5.41, 5.74) is 1.87. The first-order valence-electron chi connectivity index (χ1n) is 10.2. The highest BCUT2D eigenvalue weighted by Crippen LogP contribution is 2.43. The lowest BCUT2D eigenvalue weighted by atomic mass is 10.0. The molecule has 0 saturated heterocycles. The molecule has 1 heterocycles. The minimum Gasteiger partial charge on any atom is -0.489 e. The molecule has 1 aliphatic rings. The summed E-state index contributed by atoms with van der Waals surface area (Å²) >= 11 is 0. The lowest BCUT2D eigenvalue weighted by Crippen LogP contribution is -2.12. The number of rotatable bonds is 13. The molecule has 0 amide bonds. The Morgan fingerprint density at radius 2 is 1.41 bits per heavy atom. The fourth-order valence-electron chi connectivity index (χ4n) is 2.83. The maximum Gasteiger partial charge on any atom is 0.341 e. The van der Waals surface area contributed by atoms with Gasteiger partial charge in [-0.1, -0.05) is 12.1 Å². The Morgan fingerprint density at radius 1 is 0.824 bits per heavy atom. The lowest BCUT2D eigenvalue weighted by Gasteiger charge is -2.17. The number of carbonyl (C=O) groups excluding carboxylic acids is 2. The third-order valence-corrected chi connectivity index (χ3v) is 4.28. The molecule has 0 saturated carbocycles. The van der Waals surface area contributed by atoms with Crippen LogP contribution in [0.2, 0.25) is 0 Å². The van der Waals surface area contributed by atoms with Gasteiger partial charge in [-0.25, -0.2) is 4.79 Å². The van der Waals surface area contributed by atoms with E-state index in [4.69, 9.17) is 28.8 Å². The number of hydrogen-bond acceptors (Lipinski definition) is 11. The van der Waals surface area contributed by atoms with Crippen molar-refractivity contribution in [2.45, 2.75) is 13.8 Å². The van der Waals surface area contributed by atoms with Crippen LogP contribution in [-0.2, 0) is 23.9 Å². The van der Waals surface area contributed by atoms with Crippen molar-refractivity contribution in [1.29, 1.82) is 0 Å². The Morgan fingerprint density at radius 3 is 1.94 bits per heavy atom. The second kappa shape index (κ2) is 11.5. The first-order chi connectivity index (χ1) is 16.3. The molecule has 12 nitrogen and oxygen atoms in total. The van der Waals surface area contributed by atoms with Crippen LogP contribution < -0.4 is 19.3 Å². The van der Waals surface area contributed by atoms with Crippen molar-refractivity contribution in [2.75, 3.05) is 38.2 Å². The van der Waals surface area contributed by atoms with Gasteiger partial charge in [0.2, 0.25) is 0 Å². The first-order valence-corrected chi connectivity index (χ1v) is 10.2. The predicted molar refractivity (Wildman–Crippen MR) is 117 cm³/mol. The van der Waals surface area contributed by atoms with Crippen LogP contribution in [0.15, 0.2) is 46.8 Å². The minimum absolute atomic E-state index is 0.0607. The molecule has 0 bridgehead atoms. The monoisotopic (exact) mass is 473 g/mol. The Kier molecular flexibility index (Phi) is 8.21. The van der Waals surface area contributed by atoms with Crippen molar-refractivity contribution >= 4 is 23.6 Å². The maximum absolute atomic E-state index is 11.0. The number of hydrogen-bond donors (Lipinski definition) is 1. The van der Waals surface area contributed by atoms with Crippen LogP contribution in [0.5, 0.6) is 17.2 Å². The quantitative estimate of drug-likeness (QED) is 0.340. The van der Waals surface area contributed by atoms with Crippen molar-refractivity contribution in [1.82, 2.24) is 0 Å². The van der Waals surface area contributed by atoms with E-state index in [9.17, 15) is 14.4 Å². The summed E-state index contributed by atoms with van der Waals surface area (Å²) in [7, 11) is 0.